The van der Waals surface area contributed by atoms with Crippen LogP contribution >= 0.6 is 0 Å². The second kappa shape index (κ2) is 8.49. The van der Waals surface area contributed by atoms with Gasteiger partial charge in [0.25, 0.3) is 5.56 Å². The summed E-state index contributed by atoms with van der Waals surface area (Å²) in [6.07, 6.45) is 2.45. The molecule has 3 aromatic carbocycles. The van der Waals surface area contributed by atoms with E-state index >= 15 is 0 Å². The predicted octanol–water partition coefficient (Wildman–Crippen LogP) is 5.66. The largest absolute Gasteiger partial charge is 0.493 e. The van der Waals surface area contributed by atoms with E-state index in [1.807, 2.05) is 69.4 Å². The van der Waals surface area contributed by atoms with E-state index < -0.39 is 0 Å². The van der Waals surface area contributed by atoms with E-state index in [1.54, 1.807) is 10.9 Å². The number of aromatic nitrogens is 4. The normalized spacial score (nSPS) is 11.1. The van der Waals surface area contributed by atoms with Crippen molar-refractivity contribution >= 4 is 27.2 Å². The zero-order valence-electron chi connectivity index (χ0n) is 19.2. The molecule has 0 fully saturated rings. The maximum absolute atomic E-state index is 12.6. The van der Waals surface area contributed by atoms with Gasteiger partial charge in [0.15, 0.2) is 0 Å². The van der Waals surface area contributed by atoms with Crippen molar-refractivity contribution < 1.29 is 4.74 Å². The summed E-state index contributed by atoms with van der Waals surface area (Å²) >= 11 is 0. The van der Waals surface area contributed by atoms with Crippen molar-refractivity contribution in [2.75, 3.05) is 6.61 Å². The molecule has 7 heteroatoms. The van der Waals surface area contributed by atoms with Crippen LogP contribution in [0.15, 0.2) is 59.5 Å². The van der Waals surface area contributed by atoms with Crippen LogP contribution in [0, 0.1) is 6.57 Å². The van der Waals surface area contributed by atoms with Crippen molar-refractivity contribution in [1.29, 1.82) is 0 Å². The number of fused-ring (bicyclic) bond motifs is 2. The Kier molecular flexibility index (Phi) is 5.34. The van der Waals surface area contributed by atoms with E-state index in [-0.39, 0.29) is 5.56 Å². The molecule has 2 aromatic heterocycles. The van der Waals surface area contributed by atoms with Gasteiger partial charge in [-0.2, -0.15) is 10.2 Å². The molecule has 0 atom stereocenters. The molecular formula is C27H23N5O2. The number of H-pyrrole nitrogens is 1. The zero-order chi connectivity index (χ0) is 23.8. The molecule has 5 aromatic rings. The van der Waals surface area contributed by atoms with E-state index in [4.69, 9.17) is 11.3 Å². The molecule has 2 heterocycles. The minimum Gasteiger partial charge on any atom is -0.493 e. The maximum atomic E-state index is 12.6. The van der Waals surface area contributed by atoms with Crippen molar-refractivity contribution in [3.8, 4) is 28.1 Å². The molecule has 0 saturated heterocycles. The topological polar surface area (TPSA) is 77.2 Å². The van der Waals surface area contributed by atoms with Crippen LogP contribution in [0.2, 0.25) is 0 Å². The number of nitrogens with one attached hydrogen (secondary N) is 1. The Hall–Kier alpha value is -4.44. The number of hydrogen-bond donors (Lipinski definition) is 1. The Bertz CT molecular complexity index is 1660. The van der Waals surface area contributed by atoms with Crippen LogP contribution in [0.3, 0.4) is 0 Å². The first kappa shape index (κ1) is 21.4. The summed E-state index contributed by atoms with van der Waals surface area (Å²) in [5.74, 6) is 0.507. The van der Waals surface area contributed by atoms with E-state index in [0.29, 0.717) is 29.9 Å². The van der Waals surface area contributed by atoms with Crippen molar-refractivity contribution in [3.63, 3.8) is 0 Å². The number of rotatable bonds is 5. The molecule has 34 heavy (non-hydrogen) atoms. The molecule has 5 rings (SSSR count). The second-order valence-electron chi connectivity index (χ2n) is 8.01. The van der Waals surface area contributed by atoms with Crippen LogP contribution in [0.25, 0.3) is 48.8 Å². The molecule has 0 unspecified atom stereocenters. The Labute approximate surface area is 196 Å². The number of hydrogen-bond acceptors (Lipinski definition) is 4. The zero-order valence-corrected chi connectivity index (χ0v) is 19.2. The number of ether oxygens (including phenoxy) is 1. The van der Waals surface area contributed by atoms with Crippen LogP contribution in [-0.4, -0.2) is 26.6 Å². The molecule has 0 spiro atoms. The third-order valence-corrected chi connectivity index (χ3v) is 6.08. The monoisotopic (exact) mass is 449 g/mol. The molecule has 0 saturated carbocycles. The van der Waals surface area contributed by atoms with Gasteiger partial charge in [-0.3, -0.25) is 9.48 Å². The molecule has 0 radical (unpaired) electrons. The van der Waals surface area contributed by atoms with Gasteiger partial charge in [-0.05, 0) is 41.8 Å². The Balaban J connectivity index is 1.82. The predicted molar refractivity (Wildman–Crippen MR) is 134 cm³/mol. The van der Waals surface area contributed by atoms with E-state index in [1.165, 1.54) is 0 Å². The summed E-state index contributed by atoms with van der Waals surface area (Å²) in [5, 5.41) is 14.5. The fourth-order valence-electron chi connectivity index (χ4n) is 4.54. The van der Waals surface area contributed by atoms with Gasteiger partial charge in [-0.25, -0.2) is 9.94 Å². The average Bonchev–Trinajstić information content (AvgIpc) is 3.24. The fourth-order valence-corrected chi connectivity index (χ4v) is 4.54. The molecule has 0 amide bonds. The molecule has 1 N–H and O–H groups in total. The van der Waals surface area contributed by atoms with Gasteiger partial charge in [0.2, 0.25) is 5.69 Å². The molecule has 0 bridgehead atoms. The van der Waals surface area contributed by atoms with Crippen LogP contribution in [0.1, 0.15) is 19.5 Å². The SMILES string of the molecule is [C-]#[N+]c1c(-c2c(-c3cc(OCC)c4c(=O)[nH]nc(CC)c4c3)cnn2C)ccc2ccccc12. The summed E-state index contributed by atoms with van der Waals surface area (Å²) in [5.41, 5.74) is 4.43. The van der Waals surface area contributed by atoms with Crippen LogP contribution in [0.5, 0.6) is 5.75 Å². The van der Waals surface area contributed by atoms with Crippen molar-refractivity contribution in [3.05, 3.63) is 82.2 Å². The third kappa shape index (κ3) is 3.32. The van der Waals surface area contributed by atoms with Gasteiger partial charge in [0.05, 0.1) is 36.1 Å². The smallest absolute Gasteiger partial charge is 0.275 e. The lowest BCUT2D eigenvalue weighted by atomic mass is 9.95. The van der Waals surface area contributed by atoms with Crippen LogP contribution < -0.4 is 10.3 Å². The van der Waals surface area contributed by atoms with Gasteiger partial charge >= 0.3 is 0 Å². The number of aromatic amines is 1. The average molecular weight is 450 g/mol. The Morgan fingerprint density at radius 2 is 1.91 bits per heavy atom. The lowest BCUT2D eigenvalue weighted by Gasteiger charge is -2.14. The molecular weight excluding hydrogens is 426 g/mol. The van der Waals surface area contributed by atoms with Crippen molar-refractivity contribution in [2.24, 2.45) is 7.05 Å². The summed E-state index contributed by atoms with van der Waals surface area (Å²) in [6.45, 7) is 12.2. The molecule has 0 aliphatic heterocycles. The summed E-state index contributed by atoms with van der Waals surface area (Å²) in [4.78, 5) is 16.5. The highest BCUT2D eigenvalue weighted by molar-refractivity contribution is 6.04. The van der Waals surface area contributed by atoms with Gasteiger partial charge in [-0.15, -0.1) is 0 Å². The summed E-state index contributed by atoms with van der Waals surface area (Å²) in [7, 11) is 1.87. The molecule has 0 aliphatic carbocycles. The highest BCUT2D eigenvalue weighted by Crippen LogP contribution is 2.42. The van der Waals surface area contributed by atoms with Crippen LogP contribution in [-0.2, 0) is 13.5 Å². The molecule has 7 nitrogen and oxygen atoms in total. The highest BCUT2D eigenvalue weighted by atomic mass is 16.5. The van der Waals surface area contributed by atoms with E-state index in [9.17, 15) is 4.79 Å². The lowest BCUT2D eigenvalue weighted by Crippen LogP contribution is -2.12. The molecule has 0 aliphatic rings. The first-order valence-corrected chi connectivity index (χ1v) is 11.2. The molecule has 168 valence electrons. The second-order valence-corrected chi connectivity index (χ2v) is 8.01. The number of aryl methyl sites for hydroxylation is 2. The Morgan fingerprint density at radius 3 is 2.68 bits per heavy atom. The first-order chi connectivity index (χ1) is 16.6. The quantitative estimate of drug-likeness (QED) is 0.352. The van der Waals surface area contributed by atoms with Gasteiger partial charge in [0.1, 0.15) is 5.75 Å². The minimum absolute atomic E-state index is 0.279. The van der Waals surface area contributed by atoms with Gasteiger partial charge < -0.3 is 4.74 Å². The van der Waals surface area contributed by atoms with E-state index in [2.05, 4.69) is 20.1 Å². The standard InChI is InChI=1S/C27H23N5O2/c1-5-22-20-13-17(14-23(34-6-2)24(20)27(33)31-30-22)21-15-29-32(4)26(21)19-12-11-16-9-7-8-10-18(16)25(19)28-3/h7-15H,5-6H2,1-2,4H3,(H,31,33). The fraction of sp³-hybridized carbons (Fsp3) is 0.185. The van der Waals surface area contributed by atoms with Crippen LogP contribution in [0.4, 0.5) is 5.69 Å². The van der Waals surface area contributed by atoms with Crippen molar-refractivity contribution in [1.82, 2.24) is 20.0 Å². The van der Waals surface area contributed by atoms with Gasteiger partial charge in [-0.1, -0.05) is 43.3 Å². The highest BCUT2D eigenvalue weighted by Gasteiger charge is 2.21. The summed E-state index contributed by atoms with van der Waals surface area (Å²) < 4.78 is 7.68. The maximum Gasteiger partial charge on any atom is 0.275 e. The first-order valence-electron chi connectivity index (χ1n) is 11.2. The summed E-state index contributed by atoms with van der Waals surface area (Å²) in [6, 6.07) is 15.7. The lowest BCUT2D eigenvalue weighted by molar-refractivity contribution is 0.344. The minimum atomic E-state index is -0.279. The number of nitrogens with zero attached hydrogens (tertiary/aromatic N) is 4. The van der Waals surface area contributed by atoms with Gasteiger partial charge in [0, 0.05) is 23.6 Å². The third-order valence-electron chi connectivity index (χ3n) is 6.08. The van der Waals surface area contributed by atoms with Crippen molar-refractivity contribution in [2.45, 2.75) is 20.3 Å². The Morgan fingerprint density at radius 1 is 1.09 bits per heavy atom. The number of benzene rings is 3. The van der Waals surface area contributed by atoms with E-state index in [0.717, 1.165) is 44.2 Å².